The van der Waals surface area contributed by atoms with E-state index >= 15 is 0 Å². The highest BCUT2D eigenvalue weighted by molar-refractivity contribution is 5.87. The molecule has 8 aliphatic rings. The predicted molar refractivity (Wildman–Crippen MR) is 250 cm³/mol. The van der Waals surface area contributed by atoms with E-state index in [9.17, 15) is 61.0 Å². The zero-order chi connectivity index (χ0) is 52.3. The quantitative estimate of drug-likeness (QED) is 0.0622. The normalized spacial score (nSPS) is 52.8. The fourth-order valence-electron chi connectivity index (χ4n) is 15.6. The minimum Gasteiger partial charge on any atom is -0.456 e. The van der Waals surface area contributed by atoms with E-state index in [4.69, 9.17) is 33.2 Å². The molecule has 0 aromatic heterocycles. The molecule has 19 nitrogen and oxygen atoms in total. The Hall–Kier alpha value is -1.73. The van der Waals surface area contributed by atoms with Gasteiger partial charge in [-0.05, 0) is 105 Å². The lowest BCUT2D eigenvalue weighted by molar-refractivity contribution is -0.381. The average Bonchev–Trinajstić information content (AvgIpc) is 3.31. The summed E-state index contributed by atoms with van der Waals surface area (Å²) in [5, 5.41) is 122. The van der Waals surface area contributed by atoms with E-state index in [-0.39, 0.29) is 35.2 Å². The van der Waals surface area contributed by atoms with Crippen molar-refractivity contribution < 1.29 is 94.1 Å². The zero-order valence-electron chi connectivity index (χ0n) is 43.0. The number of rotatable bonds is 10. The first-order valence-corrected chi connectivity index (χ1v) is 25.9. The lowest BCUT2D eigenvalue weighted by Gasteiger charge is -2.72. The molecular weight excluding hydrogens is 929 g/mol. The Bertz CT molecular complexity index is 2000. The van der Waals surface area contributed by atoms with Gasteiger partial charge < -0.3 is 89.3 Å². The van der Waals surface area contributed by atoms with Crippen LogP contribution in [0.4, 0.5) is 0 Å². The number of carbonyl (C=O) groups is 1. The summed E-state index contributed by atoms with van der Waals surface area (Å²) in [6, 6.07) is 0. The van der Waals surface area contributed by atoms with E-state index in [2.05, 4.69) is 40.7 Å². The second kappa shape index (κ2) is 19.7. The molecular formula is C52H84O19. The van der Waals surface area contributed by atoms with Crippen molar-refractivity contribution >= 4 is 5.97 Å². The fraction of sp³-hybridized carbons (Fsp3) is 0.904. The molecule has 11 N–H and O–H groups in total. The number of aliphatic hydroxyl groups is 11. The predicted octanol–water partition coefficient (Wildman–Crippen LogP) is 0.710. The van der Waals surface area contributed by atoms with Crippen LogP contribution in [0.3, 0.4) is 0 Å². The number of hydrogen-bond donors (Lipinski definition) is 11. The molecule has 3 saturated heterocycles. The third-order valence-corrected chi connectivity index (χ3v) is 20.3. The second-order valence-electron chi connectivity index (χ2n) is 24.6. The van der Waals surface area contributed by atoms with E-state index < -0.39 is 151 Å². The van der Waals surface area contributed by atoms with Gasteiger partial charge in [-0.2, -0.15) is 0 Å². The third kappa shape index (κ3) is 8.64. The van der Waals surface area contributed by atoms with Gasteiger partial charge in [-0.15, -0.1) is 0 Å². The summed E-state index contributed by atoms with van der Waals surface area (Å²) in [7, 11) is 0. The van der Waals surface area contributed by atoms with Crippen LogP contribution < -0.4 is 0 Å². The van der Waals surface area contributed by atoms with Crippen molar-refractivity contribution in [2.75, 3.05) is 19.8 Å². The minimum absolute atomic E-state index is 0.102. The summed E-state index contributed by atoms with van der Waals surface area (Å²) < 4.78 is 42.8. The van der Waals surface area contributed by atoms with Crippen LogP contribution in [0.15, 0.2) is 23.3 Å². The van der Waals surface area contributed by atoms with Crippen molar-refractivity contribution in [2.45, 2.75) is 225 Å². The number of ether oxygens (including phenoxy) is 7. The molecule has 0 spiro atoms. The Balaban J connectivity index is 1.05. The van der Waals surface area contributed by atoms with Crippen molar-refractivity contribution in [3.63, 3.8) is 0 Å². The van der Waals surface area contributed by atoms with Crippen LogP contribution in [0.1, 0.15) is 114 Å². The summed E-state index contributed by atoms with van der Waals surface area (Å²) >= 11 is 0. The molecule has 0 bridgehead atoms. The lowest BCUT2D eigenvalue weighted by Crippen LogP contribution is -2.72. The highest BCUT2D eigenvalue weighted by atomic mass is 16.8. The van der Waals surface area contributed by atoms with Crippen molar-refractivity contribution in [2.24, 2.45) is 50.2 Å². The molecule has 19 heteroatoms. The van der Waals surface area contributed by atoms with Crippen LogP contribution in [0.2, 0.25) is 0 Å². The number of hydrogen-bond acceptors (Lipinski definition) is 19. The van der Waals surface area contributed by atoms with Crippen LogP contribution >= 0.6 is 0 Å². The third-order valence-electron chi connectivity index (χ3n) is 20.3. The Morgan fingerprint density at radius 3 is 2.04 bits per heavy atom. The topological polar surface area (TPSA) is 304 Å². The van der Waals surface area contributed by atoms with Gasteiger partial charge in [-0.3, -0.25) is 0 Å². The maximum atomic E-state index is 13.1. The van der Waals surface area contributed by atoms with E-state index in [0.29, 0.717) is 24.8 Å². The SMILES string of the molecule is CC=C(C)C(=O)OC1C(O)C2(CO)C(O)CC3(C)C(=CCC4C5(C)CCC(OC6OCC(OC7OC(C)C(O)C(O)C7O)C(O)C6OC6OC(CO)C(O)C(O)C6O)C(C)(C)C5CCC43C)C2CC1(C)C. The molecule has 0 aromatic carbocycles. The Kier molecular flexibility index (Phi) is 15.4. The van der Waals surface area contributed by atoms with Gasteiger partial charge in [-0.1, -0.05) is 66.2 Å². The van der Waals surface area contributed by atoms with Gasteiger partial charge in [-0.25, -0.2) is 4.79 Å². The summed E-state index contributed by atoms with van der Waals surface area (Å²) in [5.74, 6) is -0.667. The smallest absolute Gasteiger partial charge is 0.333 e. The second-order valence-corrected chi connectivity index (χ2v) is 24.6. The minimum atomic E-state index is -1.83. The Morgan fingerprint density at radius 2 is 1.41 bits per heavy atom. The van der Waals surface area contributed by atoms with Crippen LogP contribution in [-0.2, 0) is 38.0 Å². The van der Waals surface area contributed by atoms with Gasteiger partial charge in [0, 0.05) is 11.0 Å². The van der Waals surface area contributed by atoms with Gasteiger partial charge in [0.05, 0.1) is 43.5 Å². The van der Waals surface area contributed by atoms with Crippen molar-refractivity contribution in [3.8, 4) is 0 Å². The van der Waals surface area contributed by atoms with Gasteiger partial charge in [0.2, 0.25) is 0 Å². The molecule has 406 valence electrons. The van der Waals surface area contributed by atoms with E-state index in [1.807, 2.05) is 13.8 Å². The molecule has 5 aliphatic carbocycles. The van der Waals surface area contributed by atoms with Gasteiger partial charge >= 0.3 is 5.97 Å². The maximum Gasteiger partial charge on any atom is 0.333 e. The van der Waals surface area contributed by atoms with Gasteiger partial charge in [0.1, 0.15) is 73.2 Å². The van der Waals surface area contributed by atoms with Gasteiger partial charge in [0.25, 0.3) is 0 Å². The van der Waals surface area contributed by atoms with E-state index in [1.54, 1.807) is 19.9 Å². The largest absolute Gasteiger partial charge is 0.456 e. The van der Waals surface area contributed by atoms with Gasteiger partial charge in [0.15, 0.2) is 18.9 Å². The molecule has 3 aliphatic heterocycles. The number of fused-ring (bicyclic) bond motifs is 7. The molecule has 8 rings (SSSR count). The van der Waals surface area contributed by atoms with E-state index in [1.165, 1.54) is 6.92 Å². The van der Waals surface area contributed by atoms with Crippen LogP contribution in [0, 0.1) is 50.2 Å². The molecule has 0 aromatic rings. The standard InChI is InChI=1S/C52H84O19/c1-11-23(2)43(64)71-42-41(63)52(22-54)26(18-47(42,4)5)25-12-13-30-49(8)16-15-32(48(6,7)29(49)14-17-50(30,9)51(25,10)19-31(52)55)69-46-40(70-45-39(62)37(60)34(57)27(20-53)67-45)35(58)28(21-65-46)68-44-38(61)36(59)33(56)24(3)66-44/h11-12,24,26-42,44-46,53-63H,13-22H2,1-10H3. The highest BCUT2D eigenvalue weighted by Crippen LogP contribution is 2.76. The Morgan fingerprint density at radius 1 is 0.761 bits per heavy atom. The Labute approximate surface area is 417 Å². The average molecular weight is 1010 g/mol. The first kappa shape index (κ1) is 55.5. The molecule has 3 heterocycles. The number of carbonyl (C=O) groups excluding carboxylic acids is 1. The fourth-order valence-corrected chi connectivity index (χ4v) is 15.6. The summed E-state index contributed by atoms with van der Waals surface area (Å²) in [5.41, 5.74) is -2.07. The molecule has 71 heavy (non-hydrogen) atoms. The lowest BCUT2D eigenvalue weighted by atomic mass is 9.33. The monoisotopic (exact) mass is 1010 g/mol. The van der Waals surface area contributed by atoms with Crippen LogP contribution in [-0.4, -0.2) is 192 Å². The zero-order valence-corrected chi connectivity index (χ0v) is 43.0. The summed E-state index contributed by atoms with van der Waals surface area (Å²) in [4.78, 5) is 13.1. The first-order chi connectivity index (χ1) is 33.1. The van der Waals surface area contributed by atoms with Crippen molar-refractivity contribution in [3.05, 3.63) is 23.3 Å². The number of esters is 1. The summed E-state index contributed by atoms with van der Waals surface area (Å²) in [6.45, 7) is 18.6. The molecule has 0 radical (unpaired) electrons. The van der Waals surface area contributed by atoms with Crippen molar-refractivity contribution in [1.29, 1.82) is 0 Å². The molecule has 4 saturated carbocycles. The molecule has 7 fully saturated rings. The summed E-state index contributed by atoms with van der Waals surface area (Å²) in [6.07, 6.45) is -16.6. The highest BCUT2D eigenvalue weighted by Gasteiger charge is 2.73. The van der Waals surface area contributed by atoms with Crippen molar-refractivity contribution in [1.82, 2.24) is 0 Å². The first-order valence-electron chi connectivity index (χ1n) is 25.9. The van der Waals surface area contributed by atoms with Crippen LogP contribution in [0.5, 0.6) is 0 Å². The van der Waals surface area contributed by atoms with Crippen LogP contribution in [0.25, 0.3) is 0 Å². The number of aliphatic hydroxyl groups excluding tert-OH is 11. The van der Waals surface area contributed by atoms with E-state index in [0.717, 1.165) is 31.3 Å². The maximum absolute atomic E-state index is 13.1. The molecule has 25 atom stereocenters. The molecule has 0 amide bonds. The number of allylic oxidation sites excluding steroid dienone is 3. The molecule has 25 unspecified atom stereocenters.